The minimum atomic E-state index is -0.592. The summed E-state index contributed by atoms with van der Waals surface area (Å²) in [5.74, 6) is -0.459. The zero-order valence-corrected chi connectivity index (χ0v) is 10.9. The third-order valence-corrected chi connectivity index (χ3v) is 2.91. The number of benzene rings is 1. The summed E-state index contributed by atoms with van der Waals surface area (Å²) >= 11 is 5.73. The van der Waals surface area contributed by atoms with E-state index in [1.807, 2.05) is 0 Å². The van der Waals surface area contributed by atoms with Gasteiger partial charge >= 0.3 is 5.69 Å². The summed E-state index contributed by atoms with van der Waals surface area (Å²) in [7, 11) is 0. The van der Waals surface area contributed by atoms with Crippen molar-refractivity contribution in [2.45, 2.75) is 13.8 Å². The predicted molar refractivity (Wildman–Crippen MR) is 68.6 cm³/mol. The SMILES string of the molecule is Cc1nc(Cl)nc(-c2cccc(F)c2C)c1[N+](=O)[O-]. The van der Waals surface area contributed by atoms with E-state index in [0.717, 1.165) is 0 Å². The number of nitrogens with zero attached hydrogens (tertiary/aromatic N) is 3. The van der Waals surface area contributed by atoms with Crippen LogP contribution in [0.2, 0.25) is 5.28 Å². The summed E-state index contributed by atoms with van der Waals surface area (Å²) in [5, 5.41) is 11.0. The molecule has 0 unspecified atom stereocenters. The van der Waals surface area contributed by atoms with Gasteiger partial charge in [-0.25, -0.2) is 14.4 Å². The summed E-state index contributed by atoms with van der Waals surface area (Å²) in [6.45, 7) is 2.99. The zero-order valence-electron chi connectivity index (χ0n) is 10.1. The Hall–Kier alpha value is -2.08. The Labute approximate surface area is 113 Å². The molecule has 98 valence electrons. The average Bonchev–Trinajstić information content (AvgIpc) is 2.31. The van der Waals surface area contributed by atoms with Crippen LogP contribution in [-0.4, -0.2) is 14.9 Å². The normalized spacial score (nSPS) is 10.5. The highest BCUT2D eigenvalue weighted by atomic mass is 35.5. The molecule has 1 aromatic heterocycles. The van der Waals surface area contributed by atoms with Gasteiger partial charge in [-0.05, 0) is 37.1 Å². The van der Waals surface area contributed by atoms with E-state index in [-0.39, 0.29) is 27.9 Å². The Bertz CT molecular complexity index is 676. The number of aromatic nitrogens is 2. The lowest BCUT2D eigenvalue weighted by atomic mass is 10.0. The Morgan fingerprint density at radius 2 is 2.00 bits per heavy atom. The summed E-state index contributed by atoms with van der Waals surface area (Å²) in [4.78, 5) is 18.1. The third-order valence-electron chi connectivity index (χ3n) is 2.74. The molecule has 0 saturated carbocycles. The third kappa shape index (κ3) is 2.39. The predicted octanol–water partition coefficient (Wildman–Crippen LogP) is 3.46. The number of halogens is 2. The van der Waals surface area contributed by atoms with Crippen molar-refractivity contribution in [2.24, 2.45) is 0 Å². The fourth-order valence-electron chi connectivity index (χ4n) is 1.80. The van der Waals surface area contributed by atoms with E-state index >= 15 is 0 Å². The lowest BCUT2D eigenvalue weighted by Gasteiger charge is -2.08. The van der Waals surface area contributed by atoms with Crippen LogP contribution in [0.25, 0.3) is 11.3 Å². The van der Waals surface area contributed by atoms with Gasteiger partial charge in [0, 0.05) is 5.56 Å². The standard InChI is InChI=1S/C12H9ClFN3O2/c1-6-8(4-3-5-9(6)14)10-11(17(18)19)7(2)15-12(13)16-10/h3-5H,1-2H3. The molecule has 7 heteroatoms. The second-order valence-corrected chi connectivity index (χ2v) is 4.28. The van der Waals surface area contributed by atoms with Crippen LogP contribution in [-0.2, 0) is 0 Å². The van der Waals surface area contributed by atoms with Crippen LogP contribution in [0.1, 0.15) is 11.3 Å². The molecule has 2 rings (SSSR count). The summed E-state index contributed by atoms with van der Waals surface area (Å²) in [6, 6.07) is 4.30. The molecule has 0 aliphatic rings. The number of nitro groups is 1. The van der Waals surface area contributed by atoms with E-state index in [2.05, 4.69) is 9.97 Å². The topological polar surface area (TPSA) is 68.9 Å². The van der Waals surface area contributed by atoms with Gasteiger partial charge in [-0.15, -0.1) is 0 Å². The van der Waals surface area contributed by atoms with Crippen molar-refractivity contribution < 1.29 is 9.31 Å². The average molecular weight is 282 g/mol. The van der Waals surface area contributed by atoms with Crippen LogP contribution in [0.15, 0.2) is 18.2 Å². The molecular weight excluding hydrogens is 273 g/mol. The number of hydrogen-bond acceptors (Lipinski definition) is 4. The van der Waals surface area contributed by atoms with Gasteiger partial charge in [-0.3, -0.25) is 10.1 Å². The Kier molecular flexibility index (Phi) is 3.44. The highest BCUT2D eigenvalue weighted by molar-refractivity contribution is 6.28. The van der Waals surface area contributed by atoms with E-state index in [4.69, 9.17) is 11.6 Å². The van der Waals surface area contributed by atoms with Gasteiger partial charge in [0.05, 0.1) is 4.92 Å². The largest absolute Gasteiger partial charge is 0.316 e. The van der Waals surface area contributed by atoms with Crippen LogP contribution in [0, 0.1) is 29.8 Å². The first-order valence-corrected chi connectivity index (χ1v) is 5.73. The van der Waals surface area contributed by atoms with Gasteiger partial charge < -0.3 is 0 Å². The molecule has 0 atom stereocenters. The lowest BCUT2D eigenvalue weighted by Crippen LogP contribution is -2.02. The Balaban J connectivity index is 2.81. The number of aryl methyl sites for hydroxylation is 1. The number of rotatable bonds is 2. The molecule has 0 amide bonds. The summed E-state index contributed by atoms with van der Waals surface area (Å²) in [6.07, 6.45) is 0. The van der Waals surface area contributed by atoms with E-state index in [1.54, 1.807) is 6.07 Å². The van der Waals surface area contributed by atoms with E-state index in [9.17, 15) is 14.5 Å². The first-order valence-electron chi connectivity index (χ1n) is 5.36. The molecule has 0 saturated heterocycles. The first kappa shape index (κ1) is 13.4. The molecule has 0 aliphatic heterocycles. The molecule has 0 aliphatic carbocycles. The molecule has 5 nitrogen and oxygen atoms in total. The van der Waals surface area contributed by atoms with E-state index < -0.39 is 10.7 Å². The minimum Gasteiger partial charge on any atom is -0.258 e. The Morgan fingerprint density at radius 3 is 2.63 bits per heavy atom. The van der Waals surface area contributed by atoms with Gasteiger partial charge in [-0.2, -0.15) is 0 Å². The summed E-state index contributed by atoms with van der Waals surface area (Å²) < 4.78 is 13.6. The van der Waals surface area contributed by atoms with Crippen LogP contribution >= 0.6 is 11.6 Å². The molecule has 0 bridgehead atoms. The van der Waals surface area contributed by atoms with Crippen molar-refractivity contribution in [3.63, 3.8) is 0 Å². The maximum Gasteiger partial charge on any atom is 0.316 e. The molecule has 0 radical (unpaired) electrons. The maximum atomic E-state index is 13.6. The first-order chi connectivity index (χ1) is 8.91. The fourth-order valence-corrected chi connectivity index (χ4v) is 2.01. The monoisotopic (exact) mass is 281 g/mol. The summed E-state index contributed by atoms with van der Waals surface area (Å²) in [5.41, 5.74) is 0.514. The quantitative estimate of drug-likeness (QED) is 0.480. The van der Waals surface area contributed by atoms with Crippen LogP contribution in [0.4, 0.5) is 10.1 Å². The van der Waals surface area contributed by atoms with E-state index in [0.29, 0.717) is 5.56 Å². The molecule has 0 spiro atoms. The van der Waals surface area contributed by atoms with Gasteiger partial charge in [0.1, 0.15) is 11.5 Å². The molecule has 0 fully saturated rings. The molecule has 1 heterocycles. The molecule has 1 aromatic carbocycles. The van der Waals surface area contributed by atoms with Crippen LogP contribution in [0.3, 0.4) is 0 Å². The fraction of sp³-hybridized carbons (Fsp3) is 0.167. The van der Waals surface area contributed by atoms with Crippen molar-refractivity contribution in [1.82, 2.24) is 9.97 Å². The highest BCUT2D eigenvalue weighted by Crippen LogP contribution is 2.33. The zero-order chi connectivity index (χ0) is 14.2. The molecule has 2 aromatic rings. The van der Waals surface area contributed by atoms with Crippen LogP contribution in [0.5, 0.6) is 0 Å². The highest BCUT2D eigenvalue weighted by Gasteiger charge is 2.24. The second-order valence-electron chi connectivity index (χ2n) is 3.94. The van der Waals surface area contributed by atoms with Crippen LogP contribution < -0.4 is 0 Å². The smallest absolute Gasteiger partial charge is 0.258 e. The second kappa shape index (κ2) is 4.89. The molecule has 0 N–H and O–H groups in total. The minimum absolute atomic E-state index is 0.0273. The van der Waals surface area contributed by atoms with E-state index in [1.165, 1.54) is 26.0 Å². The Morgan fingerprint density at radius 1 is 1.32 bits per heavy atom. The van der Waals surface area contributed by atoms with Gasteiger partial charge in [0.15, 0.2) is 5.69 Å². The van der Waals surface area contributed by atoms with Crippen molar-refractivity contribution in [3.05, 3.63) is 50.7 Å². The van der Waals surface area contributed by atoms with Gasteiger partial charge in [-0.1, -0.05) is 12.1 Å². The van der Waals surface area contributed by atoms with Crippen molar-refractivity contribution in [1.29, 1.82) is 0 Å². The lowest BCUT2D eigenvalue weighted by molar-refractivity contribution is -0.385. The van der Waals surface area contributed by atoms with Gasteiger partial charge in [0.25, 0.3) is 0 Å². The van der Waals surface area contributed by atoms with Crippen molar-refractivity contribution in [3.8, 4) is 11.3 Å². The molecular formula is C12H9ClFN3O2. The van der Waals surface area contributed by atoms with Crippen molar-refractivity contribution >= 4 is 17.3 Å². The number of hydrogen-bond donors (Lipinski definition) is 0. The van der Waals surface area contributed by atoms with Gasteiger partial charge in [0.2, 0.25) is 5.28 Å². The molecule has 19 heavy (non-hydrogen) atoms. The van der Waals surface area contributed by atoms with Crippen molar-refractivity contribution in [2.75, 3.05) is 0 Å². The maximum absolute atomic E-state index is 13.6.